The van der Waals surface area contributed by atoms with Gasteiger partial charge in [-0.3, -0.25) is 4.79 Å². The average molecular weight is 377 g/mol. The molecule has 0 atom stereocenters. The maximum atomic E-state index is 12.1. The summed E-state index contributed by atoms with van der Waals surface area (Å²) in [7, 11) is 1.58. The van der Waals surface area contributed by atoms with Crippen molar-refractivity contribution in [3.05, 3.63) is 58.1 Å². The number of halogens is 1. The van der Waals surface area contributed by atoms with Gasteiger partial charge >= 0.3 is 0 Å². The van der Waals surface area contributed by atoms with E-state index < -0.39 is 0 Å². The molecule has 0 aliphatic carbocycles. The molecule has 0 saturated heterocycles. The fourth-order valence-corrected chi connectivity index (χ4v) is 2.66. The number of hydrogen-bond acceptors (Lipinski definition) is 4. The molecule has 2 aromatic rings. The molecular weight excluding hydrogens is 360 g/mol. The number of carbonyl (C=O) groups is 1. The highest BCUT2D eigenvalue weighted by Crippen LogP contribution is 2.36. The molecule has 0 unspecified atom stereocenters. The normalized spacial score (nSPS) is 10.7. The van der Waals surface area contributed by atoms with Gasteiger partial charge in [0.2, 0.25) is 0 Å². The van der Waals surface area contributed by atoms with Gasteiger partial charge in [-0.1, -0.05) is 6.08 Å². The fraction of sp³-hybridized carbons (Fsp3) is 0.167. The molecule has 0 spiro atoms. The highest BCUT2D eigenvalue weighted by atomic mass is 79.9. The van der Waals surface area contributed by atoms with E-state index in [9.17, 15) is 9.90 Å². The Labute approximate surface area is 143 Å². The quantitative estimate of drug-likeness (QED) is 0.597. The molecule has 1 N–H and O–H groups in total. The van der Waals surface area contributed by atoms with E-state index in [1.165, 1.54) is 18.2 Å². The van der Waals surface area contributed by atoms with E-state index in [-0.39, 0.29) is 11.5 Å². The predicted octanol–water partition coefficient (Wildman–Crippen LogP) is 4.46. The number of allylic oxidation sites excluding steroid dienone is 1. The number of ether oxygens (including phenoxy) is 2. The Bertz CT molecular complexity index is 721. The minimum atomic E-state index is -0.144. The first-order valence-corrected chi connectivity index (χ1v) is 7.86. The molecule has 0 bridgehead atoms. The number of phenolic OH excluding ortho intramolecular Hbond substituents is 1. The minimum absolute atomic E-state index is 0.131. The molecule has 0 amide bonds. The average Bonchev–Trinajstić information content (AvgIpc) is 2.53. The molecule has 0 aliphatic rings. The van der Waals surface area contributed by atoms with Gasteiger partial charge in [0.15, 0.2) is 17.3 Å². The van der Waals surface area contributed by atoms with Crippen molar-refractivity contribution in [1.29, 1.82) is 0 Å². The van der Waals surface area contributed by atoms with Gasteiger partial charge < -0.3 is 14.6 Å². The maximum Gasteiger partial charge on any atom is 0.185 e. The van der Waals surface area contributed by atoms with Crippen molar-refractivity contribution in [3.8, 4) is 17.2 Å². The van der Waals surface area contributed by atoms with Gasteiger partial charge in [-0.15, -0.1) is 0 Å². The van der Waals surface area contributed by atoms with Crippen LogP contribution in [0.25, 0.3) is 6.08 Å². The topological polar surface area (TPSA) is 55.8 Å². The van der Waals surface area contributed by atoms with E-state index in [1.54, 1.807) is 25.3 Å². The molecule has 0 aromatic heterocycles. The Kier molecular flexibility index (Phi) is 5.82. The summed E-state index contributed by atoms with van der Waals surface area (Å²) in [5.41, 5.74) is 1.32. The Balaban J connectivity index is 2.25. The summed E-state index contributed by atoms with van der Waals surface area (Å²) in [5.74, 6) is 1.22. The van der Waals surface area contributed by atoms with Gasteiger partial charge in [0.25, 0.3) is 0 Å². The molecular formula is C18H17BrO4. The smallest absolute Gasteiger partial charge is 0.185 e. The van der Waals surface area contributed by atoms with Crippen molar-refractivity contribution >= 4 is 27.8 Å². The van der Waals surface area contributed by atoms with Crippen molar-refractivity contribution in [2.75, 3.05) is 13.7 Å². The van der Waals surface area contributed by atoms with Crippen molar-refractivity contribution in [2.24, 2.45) is 0 Å². The van der Waals surface area contributed by atoms with Crippen LogP contribution in [0.2, 0.25) is 0 Å². The number of hydrogen-bond donors (Lipinski definition) is 1. The molecule has 120 valence electrons. The van der Waals surface area contributed by atoms with Crippen LogP contribution in [0, 0.1) is 0 Å². The lowest BCUT2D eigenvalue weighted by molar-refractivity contribution is 0.104. The third kappa shape index (κ3) is 4.36. The number of aromatic hydroxyl groups is 1. The highest BCUT2D eigenvalue weighted by Gasteiger charge is 2.10. The van der Waals surface area contributed by atoms with Crippen molar-refractivity contribution < 1.29 is 19.4 Å². The Morgan fingerprint density at radius 3 is 2.57 bits per heavy atom. The number of phenols is 1. The van der Waals surface area contributed by atoms with Crippen molar-refractivity contribution in [1.82, 2.24) is 0 Å². The fourth-order valence-electron chi connectivity index (χ4n) is 2.04. The van der Waals surface area contributed by atoms with Crippen LogP contribution >= 0.6 is 15.9 Å². The Morgan fingerprint density at radius 2 is 1.96 bits per heavy atom. The van der Waals surface area contributed by atoms with Gasteiger partial charge in [-0.25, -0.2) is 0 Å². The van der Waals surface area contributed by atoms with Gasteiger partial charge in [0.1, 0.15) is 5.75 Å². The standard InChI is InChI=1S/C18H17BrO4/c1-3-23-17-11-12(10-15(19)18(17)22-2)4-9-16(21)13-5-7-14(20)8-6-13/h4-11,20H,3H2,1-2H3. The largest absolute Gasteiger partial charge is 0.508 e. The van der Waals surface area contributed by atoms with Gasteiger partial charge in [0.05, 0.1) is 18.2 Å². The lowest BCUT2D eigenvalue weighted by atomic mass is 10.1. The summed E-state index contributed by atoms with van der Waals surface area (Å²) >= 11 is 3.44. The third-order valence-corrected chi connectivity index (χ3v) is 3.70. The Hall–Kier alpha value is -2.27. The summed E-state index contributed by atoms with van der Waals surface area (Å²) < 4.78 is 11.6. The number of benzene rings is 2. The highest BCUT2D eigenvalue weighted by molar-refractivity contribution is 9.10. The number of rotatable bonds is 6. The number of methoxy groups -OCH3 is 1. The zero-order valence-corrected chi connectivity index (χ0v) is 14.5. The maximum absolute atomic E-state index is 12.1. The SMILES string of the molecule is CCOc1cc(C=CC(=O)c2ccc(O)cc2)cc(Br)c1OC. The van der Waals surface area contributed by atoms with Crippen LogP contribution in [-0.2, 0) is 0 Å². The predicted molar refractivity (Wildman–Crippen MR) is 93.3 cm³/mol. The zero-order chi connectivity index (χ0) is 16.8. The van der Waals surface area contributed by atoms with Crippen LogP contribution in [-0.4, -0.2) is 24.6 Å². The Morgan fingerprint density at radius 1 is 1.26 bits per heavy atom. The molecule has 0 radical (unpaired) electrons. The number of carbonyl (C=O) groups excluding carboxylic acids is 1. The van der Waals surface area contributed by atoms with Crippen LogP contribution in [0.1, 0.15) is 22.8 Å². The summed E-state index contributed by atoms with van der Waals surface area (Å²) in [6.07, 6.45) is 3.19. The van der Waals surface area contributed by atoms with Crippen molar-refractivity contribution in [2.45, 2.75) is 6.92 Å². The second kappa shape index (κ2) is 7.83. The van der Waals surface area contributed by atoms with Gasteiger partial charge in [-0.2, -0.15) is 0 Å². The molecule has 4 nitrogen and oxygen atoms in total. The van der Waals surface area contributed by atoms with Crippen LogP contribution in [0.5, 0.6) is 17.2 Å². The first kappa shape index (κ1) is 17.1. The van der Waals surface area contributed by atoms with E-state index >= 15 is 0 Å². The van der Waals surface area contributed by atoms with E-state index in [0.29, 0.717) is 23.7 Å². The first-order chi connectivity index (χ1) is 11.0. The second-order valence-electron chi connectivity index (χ2n) is 4.71. The van der Waals surface area contributed by atoms with Crippen LogP contribution < -0.4 is 9.47 Å². The minimum Gasteiger partial charge on any atom is -0.508 e. The summed E-state index contributed by atoms with van der Waals surface area (Å²) in [6, 6.07) is 9.79. The summed E-state index contributed by atoms with van der Waals surface area (Å²) in [6.45, 7) is 2.41. The lowest BCUT2D eigenvalue weighted by Crippen LogP contribution is -1.97. The number of ketones is 1. The van der Waals surface area contributed by atoms with Crippen LogP contribution in [0.15, 0.2) is 46.9 Å². The summed E-state index contributed by atoms with van der Waals surface area (Å²) in [5, 5.41) is 9.25. The van der Waals surface area contributed by atoms with E-state index in [1.807, 2.05) is 19.1 Å². The molecule has 5 heteroatoms. The van der Waals surface area contributed by atoms with Gasteiger partial charge in [0, 0.05) is 5.56 Å². The van der Waals surface area contributed by atoms with Gasteiger partial charge in [-0.05, 0) is 70.9 Å². The molecule has 0 heterocycles. The molecule has 23 heavy (non-hydrogen) atoms. The molecule has 0 fully saturated rings. The van der Waals surface area contributed by atoms with Crippen LogP contribution in [0.3, 0.4) is 0 Å². The monoisotopic (exact) mass is 376 g/mol. The van der Waals surface area contributed by atoms with E-state index in [4.69, 9.17) is 9.47 Å². The first-order valence-electron chi connectivity index (χ1n) is 7.07. The molecule has 0 saturated carbocycles. The third-order valence-electron chi connectivity index (χ3n) is 3.11. The summed E-state index contributed by atoms with van der Waals surface area (Å²) in [4.78, 5) is 12.1. The zero-order valence-electron chi connectivity index (χ0n) is 12.9. The molecule has 2 aromatic carbocycles. The molecule has 0 aliphatic heterocycles. The second-order valence-corrected chi connectivity index (χ2v) is 5.57. The van der Waals surface area contributed by atoms with E-state index in [2.05, 4.69) is 15.9 Å². The van der Waals surface area contributed by atoms with E-state index in [0.717, 1.165) is 10.0 Å². The molecule has 2 rings (SSSR count). The van der Waals surface area contributed by atoms with Crippen molar-refractivity contribution in [3.63, 3.8) is 0 Å². The van der Waals surface area contributed by atoms with Crippen LogP contribution in [0.4, 0.5) is 0 Å². The lowest BCUT2D eigenvalue weighted by Gasteiger charge is -2.12.